The van der Waals surface area contributed by atoms with Crippen LogP contribution in [0.1, 0.15) is 11.1 Å². The maximum Gasteiger partial charge on any atom is 0.321 e. The number of hydrogen-bond donors (Lipinski definition) is 3. The van der Waals surface area contributed by atoms with Crippen LogP contribution in [-0.2, 0) is 13.0 Å². The van der Waals surface area contributed by atoms with Gasteiger partial charge < -0.3 is 15.7 Å². The van der Waals surface area contributed by atoms with Gasteiger partial charge in [-0.3, -0.25) is 4.90 Å². The first-order valence-electron chi connectivity index (χ1n) is 10.2. The third-order valence-corrected chi connectivity index (χ3v) is 5.05. The lowest BCUT2D eigenvalue weighted by atomic mass is 10.0. The van der Waals surface area contributed by atoms with Crippen LogP contribution in [0.25, 0.3) is 0 Å². The van der Waals surface area contributed by atoms with Crippen molar-refractivity contribution < 1.29 is 9.90 Å². The van der Waals surface area contributed by atoms with Crippen molar-refractivity contribution >= 4 is 11.7 Å². The van der Waals surface area contributed by atoms with E-state index < -0.39 is 12.1 Å². The van der Waals surface area contributed by atoms with Crippen LogP contribution in [0.4, 0.5) is 10.5 Å². The Hall–Kier alpha value is -3.15. The van der Waals surface area contributed by atoms with E-state index in [1.54, 1.807) is 11.9 Å². The minimum Gasteiger partial charge on any atom is -0.390 e. The van der Waals surface area contributed by atoms with Gasteiger partial charge in [0.15, 0.2) is 0 Å². The third-order valence-electron chi connectivity index (χ3n) is 5.05. The summed E-state index contributed by atoms with van der Waals surface area (Å²) in [7, 11) is 1.73. The summed E-state index contributed by atoms with van der Waals surface area (Å²) >= 11 is 0. The minimum absolute atomic E-state index is 0.246. The second-order valence-corrected chi connectivity index (χ2v) is 7.32. The fourth-order valence-corrected chi connectivity index (χ4v) is 3.28. The number of rotatable bonds is 9. The lowest BCUT2D eigenvalue weighted by Crippen LogP contribution is -2.52. The number of nitrogens with one attached hydrogen (secondary N) is 2. The quantitative estimate of drug-likeness (QED) is 0.512. The summed E-state index contributed by atoms with van der Waals surface area (Å²) in [6.07, 6.45) is -0.189. The summed E-state index contributed by atoms with van der Waals surface area (Å²) in [6, 6.07) is 28.7. The molecule has 156 valence electrons. The highest BCUT2D eigenvalue weighted by Gasteiger charge is 2.23. The molecule has 3 N–H and O–H groups in total. The largest absolute Gasteiger partial charge is 0.390 e. The first-order chi connectivity index (χ1) is 14.6. The first kappa shape index (κ1) is 21.6. The molecule has 0 radical (unpaired) electrons. The molecule has 3 aromatic rings. The van der Waals surface area contributed by atoms with Gasteiger partial charge in [0, 0.05) is 25.8 Å². The maximum atomic E-state index is 12.8. The number of benzene rings is 3. The van der Waals surface area contributed by atoms with E-state index in [9.17, 15) is 9.90 Å². The number of aliphatic hydroxyl groups excluding tert-OH is 1. The van der Waals surface area contributed by atoms with Gasteiger partial charge in [0.1, 0.15) is 0 Å². The highest BCUT2D eigenvalue weighted by molar-refractivity contribution is 5.91. The summed E-state index contributed by atoms with van der Waals surface area (Å²) in [5, 5.41) is 17.1. The van der Waals surface area contributed by atoms with E-state index in [2.05, 4.69) is 10.6 Å². The van der Waals surface area contributed by atoms with Crippen LogP contribution < -0.4 is 15.5 Å². The zero-order valence-electron chi connectivity index (χ0n) is 17.2. The number of anilines is 1. The highest BCUT2D eigenvalue weighted by Crippen LogP contribution is 2.13. The second kappa shape index (κ2) is 11.1. The van der Waals surface area contributed by atoms with E-state index >= 15 is 0 Å². The summed E-state index contributed by atoms with van der Waals surface area (Å²) < 4.78 is 0. The van der Waals surface area contributed by atoms with Gasteiger partial charge >= 0.3 is 6.03 Å². The molecule has 0 aliphatic rings. The van der Waals surface area contributed by atoms with Crippen LogP contribution in [-0.4, -0.2) is 36.9 Å². The molecule has 30 heavy (non-hydrogen) atoms. The SMILES string of the molecule is CN(C(=O)N[C@@H](Cc1ccccc1)[C@H](O)CNCc1ccccc1)c1ccccc1. The fourth-order valence-electron chi connectivity index (χ4n) is 3.28. The zero-order chi connectivity index (χ0) is 21.2. The van der Waals surface area contributed by atoms with Crippen molar-refractivity contribution in [2.45, 2.75) is 25.1 Å². The Labute approximate surface area is 178 Å². The van der Waals surface area contributed by atoms with Crippen molar-refractivity contribution in [2.24, 2.45) is 0 Å². The second-order valence-electron chi connectivity index (χ2n) is 7.32. The molecular formula is C25H29N3O2. The van der Waals surface area contributed by atoms with Crippen LogP contribution in [0, 0.1) is 0 Å². The molecule has 5 heteroatoms. The molecule has 3 rings (SSSR count). The van der Waals surface area contributed by atoms with Gasteiger partial charge in [0.25, 0.3) is 0 Å². The minimum atomic E-state index is -0.734. The Morgan fingerprint density at radius 3 is 2.00 bits per heavy atom. The predicted molar refractivity (Wildman–Crippen MR) is 121 cm³/mol. The van der Waals surface area contributed by atoms with Gasteiger partial charge in [0.05, 0.1) is 12.1 Å². The molecule has 0 fully saturated rings. The Bertz CT molecular complexity index is 888. The molecule has 0 aliphatic carbocycles. The van der Waals surface area contributed by atoms with Crippen molar-refractivity contribution in [2.75, 3.05) is 18.5 Å². The molecule has 5 nitrogen and oxygen atoms in total. The molecule has 0 unspecified atom stereocenters. The number of amides is 2. The summed E-state index contributed by atoms with van der Waals surface area (Å²) in [6.45, 7) is 1.04. The number of carbonyl (C=O) groups excluding carboxylic acids is 1. The molecule has 0 aromatic heterocycles. The molecule has 0 heterocycles. The molecule has 0 saturated heterocycles. The van der Waals surface area contributed by atoms with Gasteiger partial charge in [-0.1, -0.05) is 78.9 Å². The van der Waals surface area contributed by atoms with E-state index in [4.69, 9.17) is 0 Å². The van der Waals surface area contributed by atoms with Gasteiger partial charge in [0.2, 0.25) is 0 Å². The van der Waals surface area contributed by atoms with E-state index in [-0.39, 0.29) is 6.03 Å². The first-order valence-corrected chi connectivity index (χ1v) is 10.2. The van der Waals surface area contributed by atoms with Gasteiger partial charge in [-0.15, -0.1) is 0 Å². The lowest BCUT2D eigenvalue weighted by Gasteiger charge is -2.27. The average Bonchev–Trinajstić information content (AvgIpc) is 2.80. The van der Waals surface area contributed by atoms with Crippen molar-refractivity contribution in [1.29, 1.82) is 0 Å². The molecular weight excluding hydrogens is 374 g/mol. The lowest BCUT2D eigenvalue weighted by molar-refractivity contribution is 0.127. The van der Waals surface area contributed by atoms with Gasteiger partial charge in [-0.2, -0.15) is 0 Å². The van der Waals surface area contributed by atoms with E-state index in [0.29, 0.717) is 19.5 Å². The molecule has 2 amide bonds. The zero-order valence-corrected chi connectivity index (χ0v) is 17.2. The Morgan fingerprint density at radius 1 is 0.867 bits per heavy atom. The molecule has 0 spiro atoms. The van der Waals surface area contributed by atoms with Crippen LogP contribution >= 0.6 is 0 Å². The van der Waals surface area contributed by atoms with Crippen molar-refractivity contribution in [3.63, 3.8) is 0 Å². The van der Waals surface area contributed by atoms with Crippen LogP contribution in [0.5, 0.6) is 0 Å². The van der Waals surface area contributed by atoms with Gasteiger partial charge in [-0.25, -0.2) is 4.79 Å². The number of urea groups is 1. The van der Waals surface area contributed by atoms with Gasteiger partial charge in [-0.05, 0) is 29.7 Å². The smallest absolute Gasteiger partial charge is 0.321 e. The molecule has 0 saturated carbocycles. The molecule has 2 atom stereocenters. The maximum absolute atomic E-state index is 12.8. The topological polar surface area (TPSA) is 64.6 Å². The number of nitrogens with zero attached hydrogens (tertiary/aromatic N) is 1. The number of para-hydroxylation sites is 1. The predicted octanol–water partition coefficient (Wildman–Crippen LogP) is 3.59. The summed E-state index contributed by atoms with van der Waals surface area (Å²) in [5.41, 5.74) is 3.01. The number of carbonyl (C=O) groups is 1. The number of aliphatic hydroxyl groups is 1. The average molecular weight is 404 g/mol. The molecule has 3 aromatic carbocycles. The third kappa shape index (κ3) is 6.44. The van der Waals surface area contributed by atoms with E-state index in [0.717, 1.165) is 16.8 Å². The fraction of sp³-hybridized carbons (Fsp3) is 0.240. The van der Waals surface area contributed by atoms with E-state index in [1.165, 1.54) is 0 Å². The van der Waals surface area contributed by atoms with E-state index in [1.807, 2.05) is 91.0 Å². The Kier molecular flexibility index (Phi) is 8.01. The number of hydrogen-bond acceptors (Lipinski definition) is 3. The van der Waals surface area contributed by atoms with Crippen LogP contribution in [0.15, 0.2) is 91.0 Å². The molecule has 0 bridgehead atoms. The molecule has 0 aliphatic heterocycles. The van der Waals surface area contributed by atoms with Crippen molar-refractivity contribution in [3.8, 4) is 0 Å². The van der Waals surface area contributed by atoms with Crippen LogP contribution in [0.2, 0.25) is 0 Å². The summed E-state index contributed by atoms with van der Waals surface area (Å²) in [5.74, 6) is 0. The summed E-state index contributed by atoms with van der Waals surface area (Å²) in [4.78, 5) is 14.4. The Morgan fingerprint density at radius 2 is 1.40 bits per heavy atom. The monoisotopic (exact) mass is 403 g/mol. The van der Waals surface area contributed by atoms with Crippen molar-refractivity contribution in [3.05, 3.63) is 102 Å². The standard InChI is InChI=1S/C25H29N3O2/c1-28(22-15-9-4-10-16-22)25(30)27-23(17-20-11-5-2-6-12-20)24(29)19-26-18-21-13-7-3-8-14-21/h2-16,23-24,26,29H,17-19H2,1H3,(H,27,30)/t23-,24+/m0/s1. The highest BCUT2D eigenvalue weighted by atomic mass is 16.3. The van der Waals surface area contributed by atoms with Crippen molar-refractivity contribution in [1.82, 2.24) is 10.6 Å². The normalized spacial score (nSPS) is 12.7. The van der Waals surface area contributed by atoms with Crippen LogP contribution in [0.3, 0.4) is 0 Å². The Balaban J connectivity index is 1.63.